The Morgan fingerprint density at radius 3 is 1.70 bits per heavy atom. The SMILES string of the molecule is CNC(=O)[C@H](C)NC(=O)[C@H](C)NC(=O)[C@](C)(CO[C@H]1O[C@H](COCc2ccccc2)[C@H](OCc2ccccc2)[C@H](OCc2ccccc2)[C@H]1NC(C)=O)NC(=O)OC(C)(C)C. The average Bonchev–Trinajstić information content (AvgIpc) is 3.22. The second-order valence-corrected chi connectivity index (χ2v) is 16.1. The molecule has 5 N–H and O–H groups in total. The maximum absolute atomic E-state index is 14.1. The van der Waals surface area contributed by atoms with Crippen LogP contribution >= 0.6 is 0 Å². The Kier molecular flexibility index (Phi) is 18.2. The topological polar surface area (TPSA) is 201 Å². The summed E-state index contributed by atoms with van der Waals surface area (Å²) in [5.41, 5.74) is -0.140. The molecule has 1 saturated heterocycles. The third-order valence-corrected chi connectivity index (χ3v) is 9.53. The number of likely N-dealkylation sites (N-methyl/N-ethyl adjacent to an activating group) is 1. The van der Waals surface area contributed by atoms with Crippen LogP contribution in [0.5, 0.6) is 0 Å². The molecule has 0 radical (unpaired) electrons. The first kappa shape index (κ1) is 48.3. The summed E-state index contributed by atoms with van der Waals surface area (Å²) in [6.07, 6.45) is -4.79. The molecule has 0 aliphatic carbocycles. The van der Waals surface area contributed by atoms with E-state index in [0.717, 1.165) is 16.7 Å². The Balaban J connectivity index is 1.69. The summed E-state index contributed by atoms with van der Waals surface area (Å²) in [5, 5.41) is 13.2. The van der Waals surface area contributed by atoms with Gasteiger partial charge in [0.1, 0.15) is 47.6 Å². The van der Waals surface area contributed by atoms with Crippen LogP contribution in [0, 0.1) is 0 Å². The van der Waals surface area contributed by atoms with Crippen LogP contribution in [0.15, 0.2) is 91.0 Å². The highest BCUT2D eigenvalue weighted by Crippen LogP contribution is 2.30. The van der Waals surface area contributed by atoms with Crippen LogP contribution < -0.4 is 26.6 Å². The number of alkyl carbamates (subject to hydrolysis) is 1. The lowest BCUT2D eigenvalue weighted by atomic mass is 9.95. The van der Waals surface area contributed by atoms with Crippen LogP contribution in [0.25, 0.3) is 0 Å². The number of carbonyl (C=O) groups is 5. The molecule has 61 heavy (non-hydrogen) atoms. The lowest BCUT2D eigenvalue weighted by Crippen LogP contribution is -2.67. The van der Waals surface area contributed by atoms with Gasteiger partial charge >= 0.3 is 6.09 Å². The van der Waals surface area contributed by atoms with Crippen LogP contribution in [-0.2, 0) is 67.4 Å². The van der Waals surface area contributed by atoms with Crippen molar-refractivity contribution in [1.82, 2.24) is 26.6 Å². The summed E-state index contributed by atoms with van der Waals surface area (Å²) in [6.45, 7) is 10.7. The lowest BCUT2D eigenvalue weighted by molar-refractivity contribution is -0.292. The van der Waals surface area contributed by atoms with E-state index in [1.807, 2.05) is 91.0 Å². The second kappa shape index (κ2) is 23.0. The van der Waals surface area contributed by atoms with Crippen molar-refractivity contribution in [2.45, 2.75) is 122 Å². The highest BCUT2D eigenvalue weighted by atomic mass is 16.7. The third-order valence-electron chi connectivity index (χ3n) is 9.53. The molecule has 16 heteroatoms. The predicted molar refractivity (Wildman–Crippen MR) is 225 cm³/mol. The molecule has 1 fully saturated rings. The largest absolute Gasteiger partial charge is 0.444 e. The molecule has 8 atom stereocenters. The van der Waals surface area contributed by atoms with Crippen LogP contribution in [0.3, 0.4) is 0 Å². The Labute approximate surface area is 358 Å². The number of benzene rings is 3. The minimum atomic E-state index is -1.90. The number of hydrogen-bond acceptors (Lipinski definition) is 11. The third kappa shape index (κ3) is 15.5. The summed E-state index contributed by atoms with van der Waals surface area (Å²) in [6, 6.07) is 25.6. The molecule has 3 aromatic carbocycles. The number of ether oxygens (including phenoxy) is 6. The van der Waals surface area contributed by atoms with Crippen molar-refractivity contribution in [3.05, 3.63) is 108 Å². The predicted octanol–water partition coefficient (Wildman–Crippen LogP) is 3.66. The van der Waals surface area contributed by atoms with Gasteiger partial charge in [0.15, 0.2) is 6.29 Å². The van der Waals surface area contributed by atoms with E-state index in [-0.39, 0.29) is 26.4 Å². The summed E-state index contributed by atoms with van der Waals surface area (Å²) >= 11 is 0. The molecule has 0 unspecified atom stereocenters. The number of nitrogens with one attached hydrogen (secondary N) is 5. The minimum Gasteiger partial charge on any atom is -0.444 e. The Hall–Kier alpha value is -5.39. The van der Waals surface area contributed by atoms with E-state index < -0.39 is 90.2 Å². The van der Waals surface area contributed by atoms with E-state index in [0.29, 0.717) is 0 Å². The van der Waals surface area contributed by atoms with Gasteiger partial charge in [-0.1, -0.05) is 91.0 Å². The van der Waals surface area contributed by atoms with Crippen LogP contribution in [0.4, 0.5) is 4.79 Å². The van der Waals surface area contributed by atoms with Gasteiger partial charge in [-0.15, -0.1) is 0 Å². The zero-order chi connectivity index (χ0) is 44.6. The van der Waals surface area contributed by atoms with Gasteiger partial charge in [0.05, 0.1) is 33.0 Å². The molecule has 1 aliphatic rings. The Morgan fingerprint density at radius 1 is 0.689 bits per heavy atom. The zero-order valence-electron chi connectivity index (χ0n) is 36.2. The number of carbonyl (C=O) groups excluding carboxylic acids is 5. The fraction of sp³-hybridized carbons (Fsp3) is 0.489. The van der Waals surface area contributed by atoms with Gasteiger partial charge in [-0.25, -0.2) is 4.79 Å². The van der Waals surface area contributed by atoms with Crippen LogP contribution in [0.2, 0.25) is 0 Å². The first-order valence-electron chi connectivity index (χ1n) is 20.3. The van der Waals surface area contributed by atoms with E-state index in [1.54, 1.807) is 20.8 Å². The Morgan fingerprint density at radius 2 is 1.20 bits per heavy atom. The van der Waals surface area contributed by atoms with Gasteiger partial charge in [0.25, 0.3) is 0 Å². The van der Waals surface area contributed by atoms with E-state index >= 15 is 0 Å². The van der Waals surface area contributed by atoms with Gasteiger partial charge in [0, 0.05) is 14.0 Å². The van der Waals surface area contributed by atoms with E-state index in [4.69, 9.17) is 28.4 Å². The van der Waals surface area contributed by atoms with Crippen molar-refractivity contribution in [2.75, 3.05) is 20.3 Å². The summed E-state index contributed by atoms with van der Waals surface area (Å²) < 4.78 is 38.0. The quantitative estimate of drug-likeness (QED) is 0.111. The van der Waals surface area contributed by atoms with Crippen molar-refractivity contribution in [3.63, 3.8) is 0 Å². The number of rotatable bonds is 20. The maximum atomic E-state index is 14.1. The molecular formula is C45H61N5O11. The molecule has 1 aliphatic heterocycles. The van der Waals surface area contributed by atoms with Crippen LogP contribution in [0.1, 0.15) is 65.2 Å². The molecule has 3 aromatic rings. The smallest absolute Gasteiger partial charge is 0.408 e. The summed E-state index contributed by atoms with van der Waals surface area (Å²) in [7, 11) is 1.44. The maximum Gasteiger partial charge on any atom is 0.408 e. The second-order valence-electron chi connectivity index (χ2n) is 16.1. The van der Waals surface area contributed by atoms with Crippen molar-refractivity contribution in [3.8, 4) is 0 Å². The molecule has 0 saturated carbocycles. The van der Waals surface area contributed by atoms with Crippen molar-refractivity contribution < 1.29 is 52.4 Å². The number of amides is 5. The zero-order valence-corrected chi connectivity index (χ0v) is 36.2. The molecule has 332 valence electrons. The molecule has 0 spiro atoms. The summed E-state index contributed by atoms with van der Waals surface area (Å²) in [5.74, 6) is -2.32. The first-order valence-corrected chi connectivity index (χ1v) is 20.3. The van der Waals surface area contributed by atoms with E-state index in [9.17, 15) is 24.0 Å². The average molecular weight is 848 g/mol. The van der Waals surface area contributed by atoms with Gasteiger partial charge in [-0.3, -0.25) is 19.2 Å². The first-order chi connectivity index (χ1) is 29.0. The van der Waals surface area contributed by atoms with Gasteiger partial charge in [0.2, 0.25) is 23.6 Å². The molecule has 0 aromatic heterocycles. The van der Waals surface area contributed by atoms with Gasteiger partial charge in [-0.2, -0.15) is 0 Å². The fourth-order valence-electron chi connectivity index (χ4n) is 6.35. The molecule has 16 nitrogen and oxygen atoms in total. The molecule has 0 bridgehead atoms. The standard InChI is InChI=1S/C45H61N5O11/c1-29(39(52)46-8)47-40(53)30(2)48-42(54)45(7,50-43(55)61-44(4,5)6)28-59-41-36(49-31(3)51)38(58-26-34-22-16-11-17-23-34)37(57-25-33-20-14-10-15-21-33)35(60-41)27-56-24-32-18-12-9-13-19-32/h9-23,29-30,35-38,41H,24-28H2,1-8H3,(H,46,52)(H,47,53)(H,48,54)(H,49,51)(H,50,55)/t29-,30-,35+,36+,37-,38+,41-,45-/m0/s1. The molecule has 5 amide bonds. The highest BCUT2D eigenvalue weighted by Gasteiger charge is 2.50. The van der Waals surface area contributed by atoms with Crippen molar-refractivity contribution in [1.29, 1.82) is 0 Å². The molecular weight excluding hydrogens is 787 g/mol. The number of hydrogen-bond donors (Lipinski definition) is 5. The van der Waals surface area contributed by atoms with Crippen LogP contribution in [-0.4, -0.2) is 104 Å². The molecule has 1 heterocycles. The summed E-state index contributed by atoms with van der Waals surface area (Å²) in [4.78, 5) is 65.4. The monoisotopic (exact) mass is 847 g/mol. The van der Waals surface area contributed by atoms with Gasteiger partial charge in [-0.05, 0) is 58.2 Å². The Bertz CT molecular complexity index is 1860. The van der Waals surface area contributed by atoms with E-state index in [1.165, 1.54) is 34.7 Å². The van der Waals surface area contributed by atoms with E-state index in [2.05, 4.69) is 26.6 Å². The van der Waals surface area contributed by atoms with Crippen molar-refractivity contribution in [2.24, 2.45) is 0 Å². The normalized spacial score (nSPS) is 20.8. The van der Waals surface area contributed by atoms with Gasteiger partial charge < -0.3 is 55.0 Å². The van der Waals surface area contributed by atoms with Crippen molar-refractivity contribution >= 4 is 29.7 Å². The molecule has 4 rings (SSSR count). The fourth-order valence-corrected chi connectivity index (χ4v) is 6.35. The minimum absolute atomic E-state index is 0.0151. The lowest BCUT2D eigenvalue weighted by Gasteiger charge is -2.46. The highest BCUT2D eigenvalue weighted by molar-refractivity contribution is 5.95.